The molecule has 5 heteroatoms. The summed E-state index contributed by atoms with van der Waals surface area (Å²) in [5, 5.41) is 11.1. The number of anilines is 2. The van der Waals surface area contributed by atoms with Crippen molar-refractivity contribution in [3.63, 3.8) is 0 Å². The van der Waals surface area contributed by atoms with Crippen LogP contribution in [0.1, 0.15) is 32.1 Å². The summed E-state index contributed by atoms with van der Waals surface area (Å²) >= 11 is 0. The van der Waals surface area contributed by atoms with Crippen LogP contribution in [0.5, 0.6) is 0 Å². The predicted molar refractivity (Wildman–Crippen MR) is 60.5 cm³/mol. The van der Waals surface area contributed by atoms with Crippen molar-refractivity contribution in [3.05, 3.63) is 0 Å². The molecule has 1 saturated carbocycles. The van der Waals surface area contributed by atoms with Crippen LogP contribution in [0, 0.1) is 5.92 Å². The van der Waals surface area contributed by atoms with E-state index in [1.807, 2.05) is 7.05 Å². The molecule has 1 aromatic heterocycles. The number of nitrogens with two attached hydrogens (primary N) is 1. The lowest BCUT2D eigenvalue weighted by atomic mass is 9.89. The maximum absolute atomic E-state index is 5.60. The van der Waals surface area contributed by atoms with Gasteiger partial charge in [0.2, 0.25) is 11.9 Å². The average Bonchev–Trinajstić information content (AvgIpc) is 2.59. The van der Waals surface area contributed by atoms with Gasteiger partial charge in [0, 0.05) is 13.6 Å². The molecule has 0 saturated heterocycles. The van der Waals surface area contributed by atoms with Crippen molar-refractivity contribution in [3.8, 4) is 0 Å². The van der Waals surface area contributed by atoms with Crippen LogP contribution in [0.15, 0.2) is 0 Å². The highest BCUT2D eigenvalue weighted by Gasteiger charge is 2.14. The van der Waals surface area contributed by atoms with Crippen molar-refractivity contribution in [2.24, 2.45) is 13.0 Å². The largest absolute Gasteiger partial charge is 0.368 e. The first-order valence-corrected chi connectivity index (χ1v) is 5.66. The summed E-state index contributed by atoms with van der Waals surface area (Å²) in [5.41, 5.74) is 5.60. The number of rotatable bonds is 3. The molecule has 1 aromatic rings. The van der Waals surface area contributed by atoms with Crippen LogP contribution in [0.3, 0.4) is 0 Å². The Morgan fingerprint density at radius 2 is 2.07 bits per heavy atom. The topological polar surface area (TPSA) is 68.8 Å². The zero-order valence-electron chi connectivity index (χ0n) is 9.24. The molecule has 5 nitrogen and oxygen atoms in total. The molecule has 0 bridgehead atoms. The summed E-state index contributed by atoms with van der Waals surface area (Å²) < 4.78 is 1.78. The summed E-state index contributed by atoms with van der Waals surface area (Å²) in [6.07, 6.45) is 6.80. The normalized spacial score (nSPS) is 17.9. The first kappa shape index (κ1) is 10.3. The third-order valence-electron chi connectivity index (χ3n) is 3.18. The zero-order valence-corrected chi connectivity index (χ0v) is 9.24. The van der Waals surface area contributed by atoms with Gasteiger partial charge in [-0.15, -0.1) is 10.2 Å². The molecule has 0 unspecified atom stereocenters. The van der Waals surface area contributed by atoms with Gasteiger partial charge in [-0.3, -0.25) is 4.57 Å². The van der Waals surface area contributed by atoms with Crippen molar-refractivity contribution in [2.45, 2.75) is 32.1 Å². The Bertz CT molecular complexity index is 314. The molecule has 0 spiro atoms. The van der Waals surface area contributed by atoms with Crippen molar-refractivity contribution >= 4 is 11.9 Å². The van der Waals surface area contributed by atoms with Crippen molar-refractivity contribution in [1.29, 1.82) is 0 Å². The van der Waals surface area contributed by atoms with E-state index in [-0.39, 0.29) is 0 Å². The maximum atomic E-state index is 5.60. The standard InChI is InChI=1S/C10H19N5/c1-15-9(11)13-14-10(15)12-7-8-5-3-2-4-6-8/h8H,2-7H2,1H3,(H2,11,13)(H,12,14). The molecular weight excluding hydrogens is 190 g/mol. The second-order valence-electron chi connectivity index (χ2n) is 4.33. The minimum Gasteiger partial charge on any atom is -0.368 e. The third kappa shape index (κ3) is 2.40. The van der Waals surface area contributed by atoms with Crippen LogP contribution in [-0.4, -0.2) is 21.3 Å². The minimum absolute atomic E-state index is 0.459. The van der Waals surface area contributed by atoms with E-state index in [4.69, 9.17) is 5.73 Å². The van der Waals surface area contributed by atoms with Gasteiger partial charge in [0.25, 0.3) is 0 Å². The maximum Gasteiger partial charge on any atom is 0.225 e. The minimum atomic E-state index is 0.459. The number of aromatic nitrogens is 3. The lowest BCUT2D eigenvalue weighted by Crippen LogP contribution is -2.18. The molecule has 0 radical (unpaired) electrons. The summed E-state index contributed by atoms with van der Waals surface area (Å²) in [5.74, 6) is 2.02. The van der Waals surface area contributed by atoms with E-state index in [9.17, 15) is 0 Å². The van der Waals surface area contributed by atoms with Gasteiger partial charge in [-0.25, -0.2) is 0 Å². The third-order valence-corrected chi connectivity index (χ3v) is 3.18. The Morgan fingerprint density at radius 3 is 2.67 bits per heavy atom. The molecule has 1 aliphatic rings. The first-order chi connectivity index (χ1) is 7.27. The van der Waals surface area contributed by atoms with Crippen molar-refractivity contribution < 1.29 is 0 Å². The van der Waals surface area contributed by atoms with Gasteiger partial charge < -0.3 is 11.1 Å². The molecule has 15 heavy (non-hydrogen) atoms. The van der Waals surface area contributed by atoms with Gasteiger partial charge in [0.1, 0.15) is 0 Å². The Hall–Kier alpha value is -1.26. The summed E-state index contributed by atoms with van der Waals surface area (Å²) in [7, 11) is 1.87. The molecule has 84 valence electrons. The molecule has 1 heterocycles. The Kier molecular flexibility index (Phi) is 3.08. The zero-order chi connectivity index (χ0) is 10.7. The Balaban J connectivity index is 1.84. The van der Waals surface area contributed by atoms with Gasteiger partial charge in [-0.05, 0) is 18.8 Å². The molecule has 3 N–H and O–H groups in total. The molecule has 0 aromatic carbocycles. The lowest BCUT2D eigenvalue weighted by molar-refractivity contribution is 0.372. The van der Waals surface area contributed by atoms with Gasteiger partial charge in [-0.1, -0.05) is 19.3 Å². The van der Waals surface area contributed by atoms with Crippen molar-refractivity contribution in [2.75, 3.05) is 17.6 Å². The van der Waals surface area contributed by atoms with Gasteiger partial charge in [0.05, 0.1) is 0 Å². The van der Waals surface area contributed by atoms with E-state index in [2.05, 4.69) is 15.5 Å². The lowest BCUT2D eigenvalue weighted by Gasteiger charge is -2.21. The van der Waals surface area contributed by atoms with Gasteiger partial charge in [0.15, 0.2) is 0 Å². The van der Waals surface area contributed by atoms with E-state index < -0.39 is 0 Å². The van der Waals surface area contributed by atoms with E-state index in [0.717, 1.165) is 18.4 Å². The number of hydrogen-bond acceptors (Lipinski definition) is 4. The van der Waals surface area contributed by atoms with E-state index >= 15 is 0 Å². The van der Waals surface area contributed by atoms with Crippen LogP contribution in [-0.2, 0) is 7.05 Å². The molecule has 0 aliphatic heterocycles. The smallest absolute Gasteiger partial charge is 0.225 e. The highest BCUT2D eigenvalue weighted by atomic mass is 15.4. The Labute approximate surface area is 90.1 Å². The SMILES string of the molecule is Cn1c(N)nnc1NCC1CCCCC1. The Morgan fingerprint density at radius 1 is 1.33 bits per heavy atom. The molecule has 1 fully saturated rings. The van der Waals surface area contributed by atoms with Gasteiger partial charge >= 0.3 is 0 Å². The summed E-state index contributed by atoms with van der Waals surface area (Å²) in [6.45, 7) is 0.992. The fraction of sp³-hybridized carbons (Fsp3) is 0.800. The van der Waals surface area contributed by atoms with Crippen molar-refractivity contribution in [1.82, 2.24) is 14.8 Å². The number of hydrogen-bond donors (Lipinski definition) is 2. The fourth-order valence-electron chi connectivity index (χ4n) is 2.12. The molecule has 2 rings (SSSR count). The molecule has 1 aliphatic carbocycles. The van der Waals surface area contributed by atoms with E-state index in [1.54, 1.807) is 4.57 Å². The fourth-order valence-corrected chi connectivity index (χ4v) is 2.12. The van der Waals surface area contributed by atoms with Crippen LogP contribution in [0.2, 0.25) is 0 Å². The number of nitrogens with one attached hydrogen (secondary N) is 1. The first-order valence-electron chi connectivity index (χ1n) is 5.66. The molecular formula is C10H19N5. The number of nitrogen functional groups attached to an aromatic ring is 1. The van der Waals surface area contributed by atoms with Crippen LogP contribution < -0.4 is 11.1 Å². The van der Waals surface area contributed by atoms with Gasteiger partial charge in [-0.2, -0.15) is 0 Å². The van der Waals surface area contributed by atoms with E-state index in [1.165, 1.54) is 32.1 Å². The summed E-state index contributed by atoms with van der Waals surface area (Å²) in [4.78, 5) is 0. The summed E-state index contributed by atoms with van der Waals surface area (Å²) in [6, 6.07) is 0. The van der Waals surface area contributed by atoms with E-state index in [0.29, 0.717) is 5.95 Å². The van der Waals surface area contributed by atoms with Crippen LogP contribution in [0.4, 0.5) is 11.9 Å². The second-order valence-corrected chi connectivity index (χ2v) is 4.33. The number of nitrogens with zero attached hydrogens (tertiary/aromatic N) is 3. The average molecular weight is 209 g/mol. The second kappa shape index (κ2) is 4.51. The highest BCUT2D eigenvalue weighted by molar-refractivity contribution is 5.32. The highest BCUT2D eigenvalue weighted by Crippen LogP contribution is 2.23. The molecule has 0 amide bonds. The quantitative estimate of drug-likeness (QED) is 0.789. The molecule has 0 atom stereocenters. The van der Waals surface area contributed by atoms with Crippen LogP contribution >= 0.6 is 0 Å². The van der Waals surface area contributed by atoms with Crippen LogP contribution in [0.25, 0.3) is 0 Å². The monoisotopic (exact) mass is 209 g/mol. The predicted octanol–water partition coefficient (Wildman–Crippen LogP) is 1.39.